The molecular formula is C22H26N4O2. The average molecular weight is 378 g/mol. The van der Waals surface area contributed by atoms with E-state index in [9.17, 15) is 4.79 Å². The van der Waals surface area contributed by atoms with Crippen molar-refractivity contribution in [1.29, 1.82) is 0 Å². The van der Waals surface area contributed by atoms with Gasteiger partial charge in [-0.3, -0.25) is 4.79 Å². The van der Waals surface area contributed by atoms with Gasteiger partial charge >= 0.3 is 0 Å². The number of aromatic nitrogens is 2. The first kappa shape index (κ1) is 19.6. The highest BCUT2D eigenvalue weighted by atomic mass is 16.4. The van der Waals surface area contributed by atoms with Crippen LogP contribution in [0.2, 0.25) is 0 Å². The van der Waals surface area contributed by atoms with E-state index in [2.05, 4.69) is 34.3 Å². The first-order valence-electron chi connectivity index (χ1n) is 9.60. The van der Waals surface area contributed by atoms with Crippen molar-refractivity contribution in [3.05, 3.63) is 71.9 Å². The molecular weight excluding hydrogens is 352 g/mol. The Hall–Kier alpha value is -3.15. The first-order chi connectivity index (χ1) is 13.6. The Bertz CT molecular complexity index is 886. The number of carbonyl (C=O) groups excluding carboxylic acids is 1. The highest BCUT2D eigenvalue weighted by Crippen LogP contribution is 2.27. The molecule has 1 amide bonds. The van der Waals surface area contributed by atoms with Crippen molar-refractivity contribution in [2.45, 2.75) is 33.1 Å². The lowest BCUT2D eigenvalue weighted by Crippen LogP contribution is -2.21. The second-order valence-corrected chi connectivity index (χ2v) is 6.59. The molecule has 1 N–H and O–H groups in total. The molecule has 28 heavy (non-hydrogen) atoms. The highest BCUT2D eigenvalue weighted by Gasteiger charge is 2.23. The van der Waals surface area contributed by atoms with Gasteiger partial charge in [-0.05, 0) is 43.7 Å². The van der Waals surface area contributed by atoms with Crippen molar-refractivity contribution in [3.63, 3.8) is 0 Å². The largest absolute Gasteiger partial charge is 0.425 e. The average Bonchev–Trinajstić information content (AvgIpc) is 3.15. The van der Waals surface area contributed by atoms with E-state index in [0.717, 1.165) is 30.0 Å². The van der Waals surface area contributed by atoms with Gasteiger partial charge in [-0.1, -0.05) is 30.3 Å². The summed E-state index contributed by atoms with van der Waals surface area (Å²) in [6, 6.07) is 17.7. The standard InChI is InChI=1S/C22H26N4O2/c1-4-26(5-2)19-13-11-18(12-14-19)23-21(27)15-20(17-9-7-6-8-10-17)22-25-24-16(3)28-22/h6-14,20H,4-5,15H2,1-3H3,(H,23,27). The van der Waals surface area contributed by atoms with Gasteiger partial charge in [0.1, 0.15) is 0 Å². The van der Waals surface area contributed by atoms with Crippen LogP contribution in [0.3, 0.4) is 0 Å². The first-order valence-corrected chi connectivity index (χ1v) is 9.60. The summed E-state index contributed by atoms with van der Waals surface area (Å²) < 4.78 is 5.61. The number of aryl methyl sites for hydroxylation is 1. The monoisotopic (exact) mass is 378 g/mol. The van der Waals surface area contributed by atoms with Crippen LogP contribution >= 0.6 is 0 Å². The summed E-state index contributed by atoms with van der Waals surface area (Å²) in [7, 11) is 0. The van der Waals surface area contributed by atoms with E-state index in [1.165, 1.54) is 0 Å². The summed E-state index contributed by atoms with van der Waals surface area (Å²) in [4.78, 5) is 15.0. The molecule has 1 aromatic heterocycles. The molecule has 0 aliphatic heterocycles. The molecule has 146 valence electrons. The number of benzene rings is 2. The van der Waals surface area contributed by atoms with E-state index >= 15 is 0 Å². The highest BCUT2D eigenvalue weighted by molar-refractivity contribution is 5.91. The van der Waals surface area contributed by atoms with Crippen LogP contribution < -0.4 is 10.2 Å². The van der Waals surface area contributed by atoms with Gasteiger partial charge in [0.25, 0.3) is 0 Å². The lowest BCUT2D eigenvalue weighted by molar-refractivity contribution is -0.116. The maximum atomic E-state index is 12.7. The fraction of sp³-hybridized carbons (Fsp3) is 0.318. The number of hydrogen-bond donors (Lipinski definition) is 1. The number of anilines is 2. The predicted molar refractivity (Wildman–Crippen MR) is 111 cm³/mol. The van der Waals surface area contributed by atoms with Gasteiger partial charge in [0, 0.05) is 37.8 Å². The van der Waals surface area contributed by atoms with Crippen LogP contribution in [0.4, 0.5) is 11.4 Å². The molecule has 3 aromatic rings. The SMILES string of the molecule is CCN(CC)c1ccc(NC(=O)CC(c2ccccc2)c2nnc(C)o2)cc1. The van der Waals surface area contributed by atoms with Crippen LogP contribution in [0.15, 0.2) is 59.0 Å². The van der Waals surface area contributed by atoms with Gasteiger partial charge in [0.15, 0.2) is 0 Å². The van der Waals surface area contributed by atoms with Gasteiger partial charge in [-0.2, -0.15) is 0 Å². The fourth-order valence-corrected chi connectivity index (χ4v) is 3.23. The van der Waals surface area contributed by atoms with E-state index in [0.29, 0.717) is 11.8 Å². The molecule has 0 fully saturated rings. The Kier molecular flexibility index (Phi) is 6.42. The summed E-state index contributed by atoms with van der Waals surface area (Å²) in [5, 5.41) is 11.0. The van der Waals surface area contributed by atoms with Crippen molar-refractivity contribution in [1.82, 2.24) is 10.2 Å². The molecule has 2 aromatic carbocycles. The second-order valence-electron chi connectivity index (χ2n) is 6.59. The number of nitrogens with zero attached hydrogens (tertiary/aromatic N) is 3. The summed E-state index contributed by atoms with van der Waals surface area (Å²) in [5.41, 5.74) is 2.89. The van der Waals surface area contributed by atoms with E-state index in [4.69, 9.17) is 4.42 Å². The number of nitrogens with one attached hydrogen (secondary N) is 1. The number of carbonyl (C=O) groups is 1. The zero-order chi connectivity index (χ0) is 19.9. The summed E-state index contributed by atoms with van der Waals surface area (Å²) >= 11 is 0. The minimum absolute atomic E-state index is 0.0969. The molecule has 6 nitrogen and oxygen atoms in total. The van der Waals surface area contributed by atoms with Crippen LogP contribution in [-0.2, 0) is 4.79 Å². The van der Waals surface area contributed by atoms with Crippen molar-refractivity contribution in [2.24, 2.45) is 0 Å². The van der Waals surface area contributed by atoms with Crippen LogP contribution in [0.1, 0.15) is 43.5 Å². The zero-order valence-corrected chi connectivity index (χ0v) is 16.6. The van der Waals surface area contributed by atoms with Gasteiger partial charge < -0.3 is 14.6 Å². The molecule has 0 saturated heterocycles. The van der Waals surface area contributed by atoms with Crippen molar-refractivity contribution in [3.8, 4) is 0 Å². The van der Waals surface area contributed by atoms with Crippen molar-refractivity contribution >= 4 is 17.3 Å². The summed E-state index contributed by atoms with van der Waals surface area (Å²) in [6.45, 7) is 7.90. The van der Waals surface area contributed by atoms with Crippen molar-refractivity contribution < 1.29 is 9.21 Å². The Labute approximate surface area is 165 Å². The van der Waals surface area contributed by atoms with Crippen LogP contribution in [-0.4, -0.2) is 29.2 Å². The molecule has 0 aliphatic rings. The molecule has 0 bridgehead atoms. The Morgan fingerprint density at radius 1 is 1.04 bits per heavy atom. The minimum Gasteiger partial charge on any atom is -0.425 e. The number of amides is 1. The molecule has 0 saturated carbocycles. The molecule has 1 unspecified atom stereocenters. The normalized spacial score (nSPS) is 11.8. The van der Waals surface area contributed by atoms with Gasteiger partial charge in [0.2, 0.25) is 17.7 Å². The second kappa shape index (κ2) is 9.17. The van der Waals surface area contributed by atoms with Crippen LogP contribution in [0.25, 0.3) is 0 Å². The number of hydrogen-bond acceptors (Lipinski definition) is 5. The molecule has 0 spiro atoms. The van der Waals surface area contributed by atoms with E-state index in [1.807, 2.05) is 54.6 Å². The van der Waals surface area contributed by atoms with Crippen LogP contribution in [0.5, 0.6) is 0 Å². The maximum Gasteiger partial charge on any atom is 0.225 e. The van der Waals surface area contributed by atoms with Crippen LogP contribution in [0, 0.1) is 6.92 Å². The quantitative estimate of drug-likeness (QED) is 0.630. The maximum absolute atomic E-state index is 12.7. The zero-order valence-electron chi connectivity index (χ0n) is 16.6. The molecule has 1 heterocycles. The fourth-order valence-electron chi connectivity index (χ4n) is 3.23. The van der Waals surface area contributed by atoms with E-state index < -0.39 is 0 Å². The van der Waals surface area contributed by atoms with Gasteiger partial charge in [0.05, 0.1) is 5.92 Å². The summed E-state index contributed by atoms with van der Waals surface area (Å²) in [6.07, 6.45) is 0.226. The molecule has 6 heteroatoms. The third-order valence-electron chi connectivity index (χ3n) is 4.71. The lowest BCUT2D eigenvalue weighted by atomic mass is 9.95. The predicted octanol–water partition coefficient (Wildman–Crippen LogP) is 4.38. The lowest BCUT2D eigenvalue weighted by Gasteiger charge is -2.21. The molecule has 3 rings (SSSR count). The minimum atomic E-state index is -0.280. The summed E-state index contributed by atoms with van der Waals surface area (Å²) in [5.74, 6) is 0.566. The smallest absolute Gasteiger partial charge is 0.225 e. The molecule has 0 radical (unpaired) electrons. The Morgan fingerprint density at radius 3 is 2.29 bits per heavy atom. The third-order valence-corrected chi connectivity index (χ3v) is 4.71. The van der Waals surface area contributed by atoms with E-state index in [-0.39, 0.29) is 18.2 Å². The van der Waals surface area contributed by atoms with E-state index in [1.54, 1.807) is 6.92 Å². The third kappa shape index (κ3) is 4.76. The Morgan fingerprint density at radius 2 is 1.71 bits per heavy atom. The van der Waals surface area contributed by atoms with Crippen molar-refractivity contribution in [2.75, 3.05) is 23.3 Å². The topological polar surface area (TPSA) is 71.3 Å². The Balaban J connectivity index is 1.72. The van der Waals surface area contributed by atoms with Gasteiger partial charge in [-0.15, -0.1) is 10.2 Å². The molecule has 0 aliphatic carbocycles. The van der Waals surface area contributed by atoms with Gasteiger partial charge in [-0.25, -0.2) is 0 Å². The molecule has 1 atom stereocenters. The number of rotatable bonds is 8.